The zero-order valence-electron chi connectivity index (χ0n) is 19.0. The second-order valence-electron chi connectivity index (χ2n) is 8.89. The fourth-order valence-corrected chi connectivity index (χ4v) is 4.98. The molecule has 3 aromatic rings. The first-order valence-corrected chi connectivity index (χ1v) is 11.6. The van der Waals surface area contributed by atoms with Gasteiger partial charge in [-0.1, -0.05) is 0 Å². The quantitative estimate of drug-likeness (QED) is 0.658. The van der Waals surface area contributed by atoms with Crippen LogP contribution in [0.2, 0.25) is 0 Å². The molecule has 0 unspecified atom stereocenters. The molecule has 2 aliphatic heterocycles. The van der Waals surface area contributed by atoms with Gasteiger partial charge >= 0.3 is 0 Å². The fourth-order valence-electron chi connectivity index (χ4n) is 4.98. The van der Waals surface area contributed by atoms with Crippen LogP contribution in [-0.4, -0.2) is 82.3 Å². The highest BCUT2D eigenvalue weighted by molar-refractivity contribution is 5.82. The van der Waals surface area contributed by atoms with Crippen molar-refractivity contribution in [3.63, 3.8) is 0 Å². The summed E-state index contributed by atoms with van der Waals surface area (Å²) in [6, 6.07) is 6.60. The van der Waals surface area contributed by atoms with Gasteiger partial charge in [0.05, 0.1) is 18.3 Å². The molecule has 2 saturated heterocycles. The Morgan fingerprint density at radius 3 is 2.50 bits per heavy atom. The Morgan fingerprint density at radius 2 is 1.75 bits per heavy atom. The number of aryl methyl sites for hydroxylation is 2. The molecule has 2 aliphatic rings. The van der Waals surface area contributed by atoms with Crippen LogP contribution in [0.15, 0.2) is 24.4 Å². The largest absolute Gasteiger partial charge is 0.395 e. The average Bonchev–Trinajstić information content (AvgIpc) is 3.22. The molecule has 5 rings (SSSR count). The molecule has 0 radical (unpaired) electrons. The van der Waals surface area contributed by atoms with Gasteiger partial charge in [-0.2, -0.15) is 5.10 Å². The Bertz CT molecular complexity index is 1080. The van der Waals surface area contributed by atoms with Crippen molar-refractivity contribution in [3.8, 4) is 5.82 Å². The predicted octanol–water partition coefficient (Wildman–Crippen LogP) is 2.44. The molecule has 1 N–H and O–H groups in total. The topological polar surface area (TPSA) is 79.5 Å². The minimum atomic E-state index is 0.207. The van der Waals surface area contributed by atoms with Crippen LogP contribution in [0.3, 0.4) is 0 Å². The number of hydrogen-bond acceptors (Lipinski definition) is 7. The number of hydrogen-bond donors (Lipinski definition) is 1. The lowest BCUT2D eigenvalue weighted by molar-refractivity contribution is 0.0852. The maximum atomic E-state index is 9.19. The predicted molar refractivity (Wildman–Crippen MR) is 125 cm³/mol. The molecule has 0 spiro atoms. The van der Waals surface area contributed by atoms with Gasteiger partial charge in [-0.3, -0.25) is 4.90 Å². The van der Waals surface area contributed by atoms with E-state index in [2.05, 4.69) is 34.9 Å². The summed E-state index contributed by atoms with van der Waals surface area (Å²) in [7, 11) is 0. The molecular formula is C24H32N6O2. The van der Waals surface area contributed by atoms with Crippen LogP contribution in [0, 0.1) is 13.8 Å². The summed E-state index contributed by atoms with van der Waals surface area (Å²) in [5.74, 6) is 3.03. The Labute approximate surface area is 188 Å². The van der Waals surface area contributed by atoms with Crippen molar-refractivity contribution in [2.45, 2.75) is 32.6 Å². The van der Waals surface area contributed by atoms with Crippen molar-refractivity contribution in [2.24, 2.45) is 0 Å². The number of benzene rings is 1. The zero-order valence-corrected chi connectivity index (χ0v) is 19.0. The highest BCUT2D eigenvalue weighted by Crippen LogP contribution is 2.33. The van der Waals surface area contributed by atoms with Crippen molar-refractivity contribution in [1.82, 2.24) is 24.6 Å². The van der Waals surface area contributed by atoms with Crippen molar-refractivity contribution >= 4 is 16.7 Å². The Kier molecular flexibility index (Phi) is 6.08. The molecule has 2 aromatic heterocycles. The summed E-state index contributed by atoms with van der Waals surface area (Å²) in [4.78, 5) is 14.0. The Morgan fingerprint density at radius 1 is 1.00 bits per heavy atom. The highest BCUT2D eigenvalue weighted by atomic mass is 16.5. The van der Waals surface area contributed by atoms with Crippen molar-refractivity contribution in [3.05, 3.63) is 41.3 Å². The number of β-amino-alcohol motifs (C(OH)–C–C–N with tert-alkyl or cyclic N) is 1. The van der Waals surface area contributed by atoms with E-state index in [1.165, 1.54) is 11.1 Å². The van der Waals surface area contributed by atoms with Gasteiger partial charge in [0.1, 0.15) is 11.6 Å². The molecule has 0 aliphatic carbocycles. The molecule has 8 nitrogen and oxygen atoms in total. The van der Waals surface area contributed by atoms with Crippen LogP contribution in [0.25, 0.3) is 16.7 Å². The van der Waals surface area contributed by atoms with Gasteiger partial charge in [0.2, 0.25) is 0 Å². The number of aliphatic hydroxyl groups excluding tert-OH is 1. The van der Waals surface area contributed by atoms with Crippen LogP contribution in [0.5, 0.6) is 0 Å². The third kappa shape index (κ3) is 4.22. The second-order valence-corrected chi connectivity index (χ2v) is 8.89. The van der Waals surface area contributed by atoms with E-state index in [0.717, 1.165) is 87.1 Å². The summed E-state index contributed by atoms with van der Waals surface area (Å²) < 4.78 is 7.53. The molecule has 4 heterocycles. The molecule has 170 valence electrons. The number of aliphatic hydroxyl groups is 1. The van der Waals surface area contributed by atoms with Crippen LogP contribution in [0.4, 0.5) is 5.82 Å². The van der Waals surface area contributed by atoms with Gasteiger partial charge in [0, 0.05) is 57.4 Å². The summed E-state index contributed by atoms with van der Waals surface area (Å²) in [5, 5.41) is 15.0. The van der Waals surface area contributed by atoms with E-state index in [1.807, 2.05) is 17.8 Å². The molecule has 8 heteroatoms. The lowest BCUT2D eigenvalue weighted by Crippen LogP contribution is -2.47. The van der Waals surface area contributed by atoms with Gasteiger partial charge < -0.3 is 14.7 Å². The molecule has 0 saturated carbocycles. The van der Waals surface area contributed by atoms with Gasteiger partial charge in [-0.05, 0) is 55.9 Å². The first kappa shape index (κ1) is 21.3. The van der Waals surface area contributed by atoms with Crippen LogP contribution in [0.1, 0.15) is 35.7 Å². The van der Waals surface area contributed by atoms with E-state index in [-0.39, 0.29) is 6.61 Å². The maximum Gasteiger partial charge on any atom is 0.159 e. The van der Waals surface area contributed by atoms with Crippen LogP contribution < -0.4 is 4.90 Å². The van der Waals surface area contributed by atoms with E-state index < -0.39 is 0 Å². The number of anilines is 1. The minimum Gasteiger partial charge on any atom is -0.395 e. The van der Waals surface area contributed by atoms with Gasteiger partial charge in [-0.15, -0.1) is 0 Å². The van der Waals surface area contributed by atoms with E-state index in [4.69, 9.17) is 19.8 Å². The summed E-state index contributed by atoms with van der Waals surface area (Å²) in [6.45, 7) is 10.4. The Balaban J connectivity index is 1.47. The number of nitrogens with zero attached hydrogens (tertiary/aromatic N) is 6. The van der Waals surface area contributed by atoms with E-state index in [9.17, 15) is 5.11 Å². The highest BCUT2D eigenvalue weighted by Gasteiger charge is 2.21. The molecule has 1 aromatic carbocycles. The van der Waals surface area contributed by atoms with E-state index >= 15 is 0 Å². The third-order valence-electron chi connectivity index (χ3n) is 6.76. The van der Waals surface area contributed by atoms with Crippen LogP contribution in [-0.2, 0) is 4.74 Å². The van der Waals surface area contributed by atoms with E-state index in [1.54, 1.807) is 0 Å². The number of fused-ring (bicyclic) bond motifs is 1. The molecular weight excluding hydrogens is 404 g/mol. The summed E-state index contributed by atoms with van der Waals surface area (Å²) in [6.07, 6.45) is 4.07. The van der Waals surface area contributed by atoms with Crippen LogP contribution >= 0.6 is 0 Å². The summed E-state index contributed by atoms with van der Waals surface area (Å²) >= 11 is 0. The van der Waals surface area contributed by atoms with Gasteiger partial charge in [-0.25, -0.2) is 14.6 Å². The molecule has 0 amide bonds. The maximum absolute atomic E-state index is 9.19. The SMILES string of the molecule is Cc1nc(N2CCN(CCO)CC2)cc(-n2ncc3cc(C)c(C4CCOCC4)cc32)n1. The van der Waals surface area contributed by atoms with Gasteiger partial charge in [0.15, 0.2) is 5.82 Å². The third-order valence-corrected chi connectivity index (χ3v) is 6.76. The molecule has 0 bridgehead atoms. The van der Waals surface area contributed by atoms with E-state index in [0.29, 0.717) is 5.92 Å². The second kappa shape index (κ2) is 9.13. The molecule has 0 atom stereocenters. The average molecular weight is 437 g/mol. The molecule has 32 heavy (non-hydrogen) atoms. The first-order chi connectivity index (χ1) is 15.6. The normalized spacial score (nSPS) is 18.5. The van der Waals surface area contributed by atoms with Crippen molar-refractivity contribution < 1.29 is 9.84 Å². The molecule has 2 fully saturated rings. The summed E-state index contributed by atoms with van der Waals surface area (Å²) in [5.41, 5.74) is 3.81. The number of ether oxygens (including phenoxy) is 1. The van der Waals surface area contributed by atoms with Gasteiger partial charge in [0.25, 0.3) is 0 Å². The zero-order chi connectivity index (χ0) is 22.1. The van der Waals surface area contributed by atoms with Crippen molar-refractivity contribution in [1.29, 1.82) is 0 Å². The number of rotatable bonds is 5. The number of piperazine rings is 1. The smallest absolute Gasteiger partial charge is 0.159 e. The van der Waals surface area contributed by atoms with Crippen molar-refractivity contribution in [2.75, 3.05) is 57.4 Å². The standard InChI is InChI=1S/C24H32N6O2/c1-17-13-20-16-25-30(22(20)14-21(17)19-3-11-32-12-4-19)24-15-23(26-18(2)27-24)29-7-5-28(6-8-29)9-10-31/h13-16,19,31H,3-12H2,1-2H3. The minimum absolute atomic E-state index is 0.207. The fraction of sp³-hybridized carbons (Fsp3) is 0.542. The number of aromatic nitrogens is 4. The lowest BCUT2D eigenvalue weighted by Gasteiger charge is -2.35. The lowest BCUT2D eigenvalue weighted by atomic mass is 9.88. The Hall–Kier alpha value is -2.55. The first-order valence-electron chi connectivity index (χ1n) is 11.6. The monoisotopic (exact) mass is 436 g/mol.